The summed E-state index contributed by atoms with van der Waals surface area (Å²) in [6.07, 6.45) is 0. The van der Waals surface area contributed by atoms with Crippen molar-refractivity contribution in [3.05, 3.63) is 34.6 Å². The Balaban J connectivity index is 2.72. The first kappa shape index (κ1) is 10.3. The molecule has 1 rings (SSSR count). The fourth-order valence-electron chi connectivity index (χ4n) is 0.963. The predicted octanol–water partition coefficient (Wildman–Crippen LogP) is 3.14. The maximum atomic E-state index is 4.28. The average Bonchev–Trinajstić information content (AvgIpc) is 2.02. The fourth-order valence-corrected chi connectivity index (χ4v) is 1.36. The minimum absolute atomic E-state index is 0.796. The number of pyridine rings is 1. The molecular weight excluding hydrogens is 228 g/mol. The molecule has 0 saturated carbocycles. The van der Waals surface area contributed by atoms with Gasteiger partial charge in [-0.2, -0.15) is 0 Å². The molecule has 0 unspecified atom stereocenters. The van der Waals surface area contributed by atoms with Crippen molar-refractivity contribution in [1.82, 2.24) is 4.98 Å². The van der Waals surface area contributed by atoms with Crippen molar-refractivity contribution in [2.75, 3.05) is 11.9 Å². The van der Waals surface area contributed by atoms with E-state index in [4.69, 9.17) is 0 Å². The first-order chi connectivity index (χ1) is 6.09. The molecular formula is C10H13BrN2. The number of nitrogens with zero attached hydrogens (tertiary/aromatic N) is 1. The Bertz CT molecular complexity index is 321. The maximum Gasteiger partial charge on any atom is 0.106 e. The van der Waals surface area contributed by atoms with Crippen LogP contribution in [0, 0.1) is 6.92 Å². The fraction of sp³-hybridized carbons (Fsp3) is 0.300. The third kappa shape index (κ3) is 3.19. The molecule has 0 radical (unpaired) electrons. The van der Waals surface area contributed by atoms with Crippen LogP contribution in [0.1, 0.15) is 12.6 Å². The van der Waals surface area contributed by atoms with Gasteiger partial charge in [0.25, 0.3) is 0 Å². The van der Waals surface area contributed by atoms with Gasteiger partial charge in [-0.3, -0.25) is 0 Å². The summed E-state index contributed by atoms with van der Waals surface area (Å²) in [4.78, 5) is 4.28. The van der Waals surface area contributed by atoms with Crippen LogP contribution < -0.4 is 5.32 Å². The van der Waals surface area contributed by atoms with Gasteiger partial charge in [-0.25, -0.2) is 4.98 Å². The number of halogens is 1. The zero-order valence-corrected chi connectivity index (χ0v) is 9.48. The molecule has 13 heavy (non-hydrogen) atoms. The Labute approximate surface area is 87.2 Å². The number of aryl methyl sites for hydroxylation is 1. The second kappa shape index (κ2) is 4.42. The normalized spacial score (nSPS) is 9.77. The minimum Gasteiger partial charge on any atom is -0.380 e. The summed E-state index contributed by atoms with van der Waals surface area (Å²) in [5, 5.41) is 3.26. The van der Waals surface area contributed by atoms with Crippen LogP contribution in [0.2, 0.25) is 0 Å². The Kier molecular flexibility index (Phi) is 3.48. The highest BCUT2D eigenvalue weighted by Gasteiger charge is 1.98. The van der Waals surface area contributed by atoms with Gasteiger partial charge in [0.15, 0.2) is 0 Å². The van der Waals surface area contributed by atoms with Gasteiger partial charge < -0.3 is 5.32 Å². The zero-order chi connectivity index (χ0) is 9.84. The van der Waals surface area contributed by atoms with Gasteiger partial charge in [-0.05, 0) is 41.9 Å². The summed E-state index contributed by atoms with van der Waals surface area (Å²) < 4.78 is 0.867. The van der Waals surface area contributed by atoms with Gasteiger partial charge in [-0.1, -0.05) is 12.2 Å². The van der Waals surface area contributed by atoms with Gasteiger partial charge >= 0.3 is 0 Å². The number of rotatable bonds is 3. The lowest BCUT2D eigenvalue weighted by Crippen LogP contribution is -2.04. The van der Waals surface area contributed by atoms with Crippen molar-refractivity contribution in [1.29, 1.82) is 0 Å². The second-order valence-corrected chi connectivity index (χ2v) is 3.89. The Morgan fingerprint density at radius 3 is 2.85 bits per heavy atom. The van der Waals surface area contributed by atoms with Crippen LogP contribution >= 0.6 is 15.9 Å². The average molecular weight is 241 g/mol. The van der Waals surface area contributed by atoms with E-state index in [2.05, 4.69) is 32.8 Å². The maximum absolute atomic E-state index is 4.28. The van der Waals surface area contributed by atoms with Crippen molar-refractivity contribution < 1.29 is 0 Å². The number of aromatic nitrogens is 1. The Hall–Kier alpha value is -0.830. The first-order valence-corrected chi connectivity index (χ1v) is 4.90. The van der Waals surface area contributed by atoms with Gasteiger partial charge in [0, 0.05) is 6.54 Å². The standard InChI is InChI=1S/C10H13BrN2/c1-7(2)6-12-9-4-5-10(11)13-8(9)3/h4-5,12H,1,6H2,2-3H3. The third-order valence-corrected chi connectivity index (χ3v) is 2.07. The van der Waals surface area contributed by atoms with E-state index in [1.807, 2.05) is 26.0 Å². The molecule has 1 aromatic heterocycles. The number of hydrogen-bond acceptors (Lipinski definition) is 2. The molecule has 3 heteroatoms. The molecule has 0 amide bonds. The molecule has 0 spiro atoms. The lowest BCUT2D eigenvalue weighted by molar-refractivity contribution is 1.13. The Morgan fingerprint density at radius 2 is 2.31 bits per heavy atom. The molecule has 0 atom stereocenters. The van der Waals surface area contributed by atoms with Crippen LogP contribution in [-0.4, -0.2) is 11.5 Å². The van der Waals surface area contributed by atoms with Crippen LogP contribution in [-0.2, 0) is 0 Å². The summed E-state index contributed by atoms with van der Waals surface area (Å²) in [7, 11) is 0. The molecule has 2 nitrogen and oxygen atoms in total. The monoisotopic (exact) mass is 240 g/mol. The summed E-state index contributed by atoms with van der Waals surface area (Å²) in [6.45, 7) is 8.59. The van der Waals surface area contributed by atoms with E-state index >= 15 is 0 Å². The highest BCUT2D eigenvalue weighted by Crippen LogP contribution is 2.15. The molecule has 0 aromatic carbocycles. The molecule has 0 bridgehead atoms. The van der Waals surface area contributed by atoms with Crippen molar-refractivity contribution in [3.63, 3.8) is 0 Å². The largest absolute Gasteiger partial charge is 0.380 e. The highest BCUT2D eigenvalue weighted by atomic mass is 79.9. The van der Waals surface area contributed by atoms with Crippen molar-refractivity contribution >= 4 is 21.6 Å². The van der Waals surface area contributed by atoms with Crippen LogP contribution in [0.4, 0.5) is 5.69 Å². The smallest absolute Gasteiger partial charge is 0.106 e. The number of nitrogens with one attached hydrogen (secondary N) is 1. The predicted molar refractivity (Wildman–Crippen MR) is 60.0 cm³/mol. The number of anilines is 1. The highest BCUT2D eigenvalue weighted by molar-refractivity contribution is 9.10. The van der Waals surface area contributed by atoms with Gasteiger partial charge in [0.1, 0.15) is 4.60 Å². The first-order valence-electron chi connectivity index (χ1n) is 4.11. The van der Waals surface area contributed by atoms with Gasteiger partial charge in [-0.15, -0.1) is 0 Å². The van der Waals surface area contributed by atoms with E-state index in [9.17, 15) is 0 Å². The molecule has 1 heterocycles. The Morgan fingerprint density at radius 1 is 1.62 bits per heavy atom. The SMILES string of the molecule is C=C(C)CNc1ccc(Br)nc1C. The zero-order valence-electron chi connectivity index (χ0n) is 7.89. The van der Waals surface area contributed by atoms with Gasteiger partial charge in [0.2, 0.25) is 0 Å². The van der Waals surface area contributed by atoms with Gasteiger partial charge in [0.05, 0.1) is 11.4 Å². The molecule has 0 aliphatic heterocycles. The minimum atomic E-state index is 0.796. The van der Waals surface area contributed by atoms with Crippen molar-refractivity contribution in [2.24, 2.45) is 0 Å². The van der Waals surface area contributed by atoms with Crippen LogP contribution in [0.3, 0.4) is 0 Å². The van der Waals surface area contributed by atoms with E-state index in [0.717, 1.165) is 28.1 Å². The van der Waals surface area contributed by atoms with E-state index < -0.39 is 0 Å². The molecule has 70 valence electrons. The molecule has 0 fully saturated rings. The second-order valence-electron chi connectivity index (χ2n) is 3.08. The molecule has 0 aliphatic rings. The van der Waals surface area contributed by atoms with E-state index in [1.54, 1.807) is 0 Å². The van der Waals surface area contributed by atoms with E-state index in [-0.39, 0.29) is 0 Å². The number of hydrogen-bond donors (Lipinski definition) is 1. The quantitative estimate of drug-likeness (QED) is 0.649. The van der Waals surface area contributed by atoms with E-state index in [1.165, 1.54) is 0 Å². The van der Waals surface area contributed by atoms with E-state index in [0.29, 0.717) is 0 Å². The summed E-state index contributed by atoms with van der Waals surface area (Å²) in [5.41, 5.74) is 3.17. The van der Waals surface area contributed by atoms with Crippen LogP contribution in [0.25, 0.3) is 0 Å². The third-order valence-electron chi connectivity index (χ3n) is 1.63. The molecule has 1 aromatic rings. The van der Waals surface area contributed by atoms with Crippen molar-refractivity contribution in [3.8, 4) is 0 Å². The summed E-state index contributed by atoms with van der Waals surface area (Å²) in [5.74, 6) is 0. The molecule has 0 aliphatic carbocycles. The lowest BCUT2D eigenvalue weighted by atomic mass is 10.3. The summed E-state index contributed by atoms with van der Waals surface area (Å²) in [6, 6.07) is 3.93. The van der Waals surface area contributed by atoms with Crippen LogP contribution in [0.5, 0.6) is 0 Å². The van der Waals surface area contributed by atoms with Crippen molar-refractivity contribution in [2.45, 2.75) is 13.8 Å². The molecule has 0 saturated heterocycles. The summed E-state index contributed by atoms with van der Waals surface area (Å²) >= 11 is 3.32. The lowest BCUT2D eigenvalue weighted by Gasteiger charge is -2.08. The molecule has 1 N–H and O–H groups in total. The van der Waals surface area contributed by atoms with Crippen LogP contribution in [0.15, 0.2) is 28.9 Å². The topological polar surface area (TPSA) is 24.9 Å².